The first kappa shape index (κ1) is 21.8. The lowest BCUT2D eigenvalue weighted by atomic mass is 10.1. The van der Waals surface area contributed by atoms with Crippen molar-refractivity contribution in [1.82, 2.24) is 5.32 Å². The van der Waals surface area contributed by atoms with E-state index in [9.17, 15) is 26.8 Å². The number of fused-ring (bicyclic) bond motifs is 1. The van der Waals surface area contributed by atoms with Gasteiger partial charge in [-0.05, 0) is 35.9 Å². The average Bonchev–Trinajstić information content (AvgIpc) is 3.32. The Morgan fingerprint density at radius 3 is 2.48 bits per heavy atom. The minimum Gasteiger partial charge on any atom is -0.343 e. The highest BCUT2D eigenvalue weighted by molar-refractivity contribution is 9.10. The number of nitrogens with one attached hydrogen (secondary N) is 1. The predicted molar refractivity (Wildman–Crippen MR) is 113 cm³/mol. The lowest BCUT2D eigenvalue weighted by molar-refractivity contribution is -0.119. The molecule has 1 unspecified atom stereocenters. The number of nitrogens with zero attached hydrogens (tertiary/aromatic N) is 1. The van der Waals surface area contributed by atoms with Crippen LogP contribution in [0, 0.1) is 0 Å². The van der Waals surface area contributed by atoms with Gasteiger partial charge < -0.3 is 16.0 Å². The Morgan fingerprint density at radius 1 is 1.23 bits per heavy atom. The van der Waals surface area contributed by atoms with Gasteiger partial charge in [-0.15, -0.1) is 0 Å². The Hall–Kier alpha value is -2.37. The van der Waals surface area contributed by atoms with E-state index in [4.69, 9.17) is 5.73 Å². The molecule has 2 atom stereocenters. The molecule has 0 spiro atoms. The van der Waals surface area contributed by atoms with Crippen molar-refractivity contribution in [3.8, 4) is 0 Å². The minimum absolute atomic E-state index is 0.00363. The van der Waals surface area contributed by atoms with Gasteiger partial charge in [0.2, 0.25) is 5.91 Å². The number of hydrogen-bond acceptors (Lipinski definition) is 5. The van der Waals surface area contributed by atoms with Crippen LogP contribution in [0.25, 0.3) is 0 Å². The Morgan fingerprint density at radius 2 is 1.87 bits per heavy atom. The molecule has 2 aromatic carbocycles. The van der Waals surface area contributed by atoms with Gasteiger partial charge in [-0.2, -0.15) is 0 Å². The fourth-order valence-corrected chi connectivity index (χ4v) is 5.22. The zero-order valence-electron chi connectivity index (χ0n) is 16.0. The Balaban J connectivity index is 1.75. The SMILES string of the molecule is N[C@H]1CS(=O)(=O)c2ccc(C(=O)NC3CC3(F)F)cc2N(Cc2ccc(Br)cc2)C1=O. The molecule has 164 valence electrons. The van der Waals surface area contributed by atoms with E-state index in [-0.39, 0.29) is 22.7 Å². The van der Waals surface area contributed by atoms with Crippen LogP contribution in [0.4, 0.5) is 14.5 Å². The Labute approximate surface area is 185 Å². The summed E-state index contributed by atoms with van der Waals surface area (Å²) in [5.41, 5.74) is 6.54. The van der Waals surface area contributed by atoms with E-state index in [0.717, 1.165) is 4.47 Å². The summed E-state index contributed by atoms with van der Waals surface area (Å²) in [6.45, 7) is 0.0219. The van der Waals surface area contributed by atoms with Gasteiger partial charge in [0, 0.05) is 16.5 Å². The van der Waals surface area contributed by atoms with E-state index < -0.39 is 51.8 Å². The number of alkyl halides is 2. The third kappa shape index (κ3) is 4.35. The number of hydrogen-bond donors (Lipinski definition) is 2. The molecule has 1 aliphatic heterocycles. The molecule has 31 heavy (non-hydrogen) atoms. The molecule has 3 N–H and O–H groups in total. The van der Waals surface area contributed by atoms with Gasteiger partial charge in [0.1, 0.15) is 0 Å². The van der Waals surface area contributed by atoms with Crippen LogP contribution in [-0.2, 0) is 21.2 Å². The summed E-state index contributed by atoms with van der Waals surface area (Å²) in [5.74, 6) is -4.90. The van der Waals surface area contributed by atoms with E-state index >= 15 is 0 Å². The molecule has 0 saturated heterocycles. The monoisotopic (exact) mass is 513 g/mol. The third-order valence-corrected chi connectivity index (χ3v) is 7.56. The molecule has 0 bridgehead atoms. The number of nitrogens with two attached hydrogens (primary N) is 1. The van der Waals surface area contributed by atoms with Crippen molar-refractivity contribution in [3.63, 3.8) is 0 Å². The highest BCUT2D eigenvalue weighted by Crippen LogP contribution is 2.42. The van der Waals surface area contributed by atoms with Gasteiger partial charge in [0.15, 0.2) is 9.84 Å². The second kappa shape index (κ2) is 7.64. The normalized spacial score (nSPS) is 23.6. The maximum atomic E-state index is 13.2. The van der Waals surface area contributed by atoms with Crippen molar-refractivity contribution in [1.29, 1.82) is 0 Å². The van der Waals surface area contributed by atoms with Crippen molar-refractivity contribution < 1.29 is 26.8 Å². The molecule has 7 nitrogen and oxygen atoms in total. The van der Waals surface area contributed by atoms with Crippen molar-refractivity contribution in [2.45, 2.75) is 35.9 Å². The quantitative estimate of drug-likeness (QED) is 0.651. The van der Waals surface area contributed by atoms with Gasteiger partial charge in [-0.3, -0.25) is 9.59 Å². The van der Waals surface area contributed by atoms with E-state index in [1.54, 1.807) is 24.3 Å². The van der Waals surface area contributed by atoms with Crippen LogP contribution in [0.1, 0.15) is 22.3 Å². The summed E-state index contributed by atoms with van der Waals surface area (Å²) >= 11 is 3.33. The molecule has 0 radical (unpaired) electrons. The fraction of sp³-hybridized carbons (Fsp3) is 0.300. The molecule has 1 heterocycles. The maximum Gasteiger partial charge on any atom is 0.270 e. The summed E-state index contributed by atoms with van der Waals surface area (Å²) in [7, 11) is -3.91. The van der Waals surface area contributed by atoms with Crippen molar-refractivity contribution in [2.75, 3.05) is 10.7 Å². The molecule has 2 amide bonds. The molecule has 1 saturated carbocycles. The minimum atomic E-state index is -3.91. The fourth-order valence-electron chi connectivity index (χ4n) is 3.40. The smallest absolute Gasteiger partial charge is 0.270 e. The number of amides is 2. The maximum absolute atomic E-state index is 13.2. The number of carbonyl (C=O) groups is 2. The van der Waals surface area contributed by atoms with E-state index in [1.807, 2.05) is 0 Å². The molecule has 1 aliphatic carbocycles. The summed E-state index contributed by atoms with van der Waals surface area (Å²) in [4.78, 5) is 26.5. The van der Waals surface area contributed by atoms with Crippen molar-refractivity contribution >= 4 is 43.3 Å². The van der Waals surface area contributed by atoms with E-state index in [1.165, 1.54) is 23.1 Å². The first-order chi connectivity index (χ1) is 14.5. The molecular formula is C20H18BrF2N3O4S. The molecule has 2 aromatic rings. The second-order valence-electron chi connectivity index (χ2n) is 7.61. The average molecular weight is 514 g/mol. The Bertz CT molecular complexity index is 1170. The number of anilines is 1. The molecule has 2 aliphatic rings. The molecule has 11 heteroatoms. The molecule has 0 aromatic heterocycles. The van der Waals surface area contributed by atoms with Crippen LogP contribution >= 0.6 is 15.9 Å². The standard InChI is InChI=1S/C20H18BrF2N3O4S/c21-13-4-1-11(2-5-13)9-26-15-7-12(18(27)25-17-8-20(17,22)23)3-6-16(15)31(29,30)10-14(24)19(26)28/h1-7,14,17H,8-10,24H2,(H,25,27)/t14-,17?/m0/s1. The van der Waals surface area contributed by atoms with E-state index in [0.29, 0.717) is 5.56 Å². The lowest BCUT2D eigenvalue weighted by Gasteiger charge is -2.24. The van der Waals surface area contributed by atoms with Crippen LogP contribution in [0.3, 0.4) is 0 Å². The van der Waals surface area contributed by atoms with Crippen LogP contribution in [0.15, 0.2) is 51.8 Å². The van der Waals surface area contributed by atoms with Gasteiger partial charge in [0.05, 0.1) is 35.0 Å². The second-order valence-corrected chi connectivity index (χ2v) is 10.5. The van der Waals surface area contributed by atoms with Gasteiger partial charge in [-0.25, -0.2) is 17.2 Å². The number of benzene rings is 2. The highest BCUT2D eigenvalue weighted by Gasteiger charge is 2.57. The number of halogens is 3. The topological polar surface area (TPSA) is 110 Å². The largest absolute Gasteiger partial charge is 0.343 e. The third-order valence-electron chi connectivity index (χ3n) is 5.21. The Kier molecular flexibility index (Phi) is 5.39. The summed E-state index contributed by atoms with van der Waals surface area (Å²) in [5, 5.41) is 2.22. The summed E-state index contributed by atoms with van der Waals surface area (Å²) in [6.07, 6.45) is -0.443. The number of carbonyl (C=O) groups excluding carboxylic acids is 2. The molecule has 4 rings (SSSR count). The van der Waals surface area contributed by atoms with Gasteiger partial charge >= 0.3 is 0 Å². The first-order valence-corrected chi connectivity index (χ1v) is 11.8. The van der Waals surface area contributed by atoms with Crippen molar-refractivity contribution in [2.24, 2.45) is 5.73 Å². The zero-order valence-corrected chi connectivity index (χ0v) is 18.4. The number of sulfone groups is 1. The van der Waals surface area contributed by atoms with Crippen LogP contribution in [0.5, 0.6) is 0 Å². The van der Waals surface area contributed by atoms with Crippen LogP contribution in [-0.4, -0.2) is 44.0 Å². The van der Waals surface area contributed by atoms with E-state index in [2.05, 4.69) is 21.2 Å². The van der Waals surface area contributed by atoms with Gasteiger partial charge in [-0.1, -0.05) is 28.1 Å². The summed E-state index contributed by atoms with van der Waals surface area (Å²) < 4.78 is 52.7. The number of rotatable bonds is 4. The highest BCUT2D eigenvalue weighted by atomic mass is 79.9. The zero-order chi connectivity index (χ0) is 22.6. The summed E-state index contributed by atoms with van der Waals surface area (Å²) in [6, 6.07) is 8.21. The lowest BCUT2D eigenvalue weighted by Crippen LogP contribution is -2.45. The molecular weight excluding hydrogens is 496 g/mol. The molecule has 1 fully saturated rings. The van der Waals surface area contributed by atoms with Crippen LogP contribution < -0.4 is 16.0 Å². The van der Waals surface area contributed by atoms with Crippen molar-refractivity contribution in [3.05, 3.63) is 58.1 Å². The van der Waals surface area contributed by atoms with Crippen LogP contribution in [0.2, 0.25) is 0 Å². The van der Waals surface area contributed by atoms with Gasteiger partial charge in [0.25, 0.3) is 11.8 Å². The first-order valence-electron chi connectivity index (χ1n) is 9.35. The predicted octanol–water partition coefficient (Wildman–Crippen LogP) is 2.23.